The number of hydrogen-bond acceptors (Lipinski definition) is 4. The number of esters is 2. The van der Waals surface area contributed by atoms with Crippen molar-refractivity contribution in [3.8, 4) is 0 Å². The van der Waals surface area contributed by atoms with Crippen LogP contribution in [0.1, 0.15) is 13.3 Å². The van der Waals surface area contributed by atoms with Gasteiger partial charge in [-0.3, -0.25) is 9.59 Å². The van der Waals surface area contributed by atoms with Gasteiger partial charge in [-0.15, -0.1) is 6.58 Å². The van der Waals surface area contributed by atoms with Crippen molar-refractivity contribution in [1.82, 2.24) is 0 Å². The standard InChI is InChI=1S/C10H13F3O4/c1-6(2)5-9(7(14)16-3,8(15)17-4)10(11,12)13/h1,5H2,2-4H3. The van der Waals surface area contributed by atoms with Crippen LogP contribution in [0.3, 0.4) is 0 Å². The van der Waals surface area contributed by atoms with Gasteiger partial charge < -0.3 is 9.47 Å². The van der Waals surface area contributed by atoms with E-state index in [1.807, 2.05) is 0 Å². The van der Waals surface area contributed by atoms with Crippen LogP contribution >= 0.6 is 0 Å². The van der Waals surface area contributed by atoms with Crippen LogP contribution in [0.25, 0.3) is 0 Å². The van der Waals surface area contributed by atoms with E-state index in [0.29, 0.717) is 0 Å². The number of allylic oxidation sites excluding steroid dienone is 1. The molecule has 0 aromatic carbocycles. The van der Waals surface area contributed by atoms with E-state index >= 15 is 0 Å². The molecule has 0 N–H and O–H groups in total. The average Bonchev–Trinajstić information content (AvgIpc) is 2.21. The molecule has 0 radical (unpaired) electrons. The Morgan fingerprint density at radius 2 is 1.47 bits per heavy atom. The molecule has 0 atom stereocenters. The lowest BCUT2D eigenvalue weighted by molar-refractivity contribution is -0.238. The smallest absolute Gasteiger partial charge is 0.415 e. The normalized spacial score (nSPS) is 11.9. The van der Waals surface area contributed by atoms with Gasteiger partial charge in [0.25, 0.3) is 5.41 Å². The number of alkyl halides is 3. The Labute approximate surface area is 96.4 Å². The van der Waals surface area contributed by atoms with Gasteiger partial charge in [0.1, 0.15) is 0 Å². The SMILES string of the molecule is C=C(C)CC(C(=O)OC)(C(=O)OC)C(F)(F)F. The first-order valence-electron chi connectivity index (χ1n) is 4.51. The Kier molecular flexibility index (Phi) is 4.73. The van der Waals surface area contributed by atoms with Crippen LogP contribution in [-0.4, -0.2) is 32.3 Å². The van der Waals surface area contributed by atoms with Crippen LogP contribution in [0.4, 0.5) is 13.2 Å². The summed E-state index contributed by atoms with van der Waals surface area (Å²) in [5.74, 6) is -3.42. The highest BCUT2D eigenvalue weighted by atomic mass is 19.4. The monoisotopic (exact) mass is 254 g/mol. The Morgan fingerprint density at radius 1 is 1.12 bits per heavy atom. The minimum Gasteiger partial charge on any atom is -0.468 e. The molecule has 0 saturated heterocycles. The second kappa shape index (κ2) is 5.20. The molecule has 0 aliphatic carbocycles. The van der Waals surface area contributed by atoms with Crippen molar-refractivity contribution in [2.24, 2.45) is 5.41 Å². The quantitative estimate of drug-likeness (QED) is 0.436. The van der Waals surface area contributed by atoms with Crippen LogP contribution in [0.15, 0.2) is 12.2 Å². The molecule has 0 spiro atoms. The molecule has 17 heavy (non-hydrogen) atoms. The van der Waals surface area contributed by atoms with Gasteiger partial charge >= 0.3 is 18.1 Å². The number of halogens is 3. The van der Waals surface area contributed by atoms with Gasteiger partial charge in [0.2, 0.25) is 0 Å². The molecule has 0 rings (SSSR count). The maximum Gasteiger partial charge on any atom is 0.415 e. The molecule has 0 amide bonds. The maximum absolute atomic E-state index is 13.0. The molecule has 7 heteroatoms. The van der Waals surface area contributed by atoms with Crippen molar-refractivity contribution < 1.29 is 32.2 Å². The lowest BCUT2D eigenvalue weighted by Gasteiger charge is -2.30. The number of carbonyl (C=O) groups excluding carboxylic acids is 2. The van der Waals surface area contributed by atoms with Gasteiger partial charge in [-0.1, -0.05) is 5.57 Å². The van der Waals surface area contributed by atoms with Crippen molar-refractivity contribution in [1.29, 1.82) is 0 Å². The van der Waals surface area contributed by atoms with E-state index in [1.54, 1.807) is 0 Å². The fraction of sp³-hybridized carbons (Fsp3) is 0.600. The topological polar surface area (TPSA) is 52.6 Å². The van der Waals surface area contributed by atoms with Crippen LogP contribution in [0, 0.1) is 5.41 Å². The van der Waals surface area contributed by atoms with Gasteiger partial charge in [-0.2, -0.15) is 13.2 Å². The second-order valence-corrected chi connectivity index (χ2v) is 3.52. The summed E-state index contributed by atoms with van der Waals surface area (Å²) in [6, 6.07) is 0. The van der Waals surface area contributed by atoms with E-state index in [9.17, 15) is 22.8 Å². The van der Waals surface area contributed by atoms with Crippen molar-refractivity contribution in [3.05, 3.63) is 12.2 Å². The predicted molar refractivity (Wildman–Crippen MR) is 52.0 cm³/mol. The third-order valence-corrected chi connectivity index (χ3v) is 2.12. The predicted octanol–water partition coefficient (Wildman–Crippen LogP) is 1.85. The zero-order chi connectivity index (χ0) is 13.9. The Bertz CT molecular complexity index is 317. The fourth-order valence-corrected chi connectivity index (χ4v) is 1.36. The molecule has 0 aliphatic rings. The largest absolute Gasteiger partial charge is 0.468 e. The molecular formula is C10H13F3O4. The van der Waals surface area contributed by atoms with Crippen molar-refractivity contribution in [2.45, 2.75) is 19.5 Å². The van der Waals surface area contributed by atoms with E-state index in [1.165, 1.54) is 6.92 Å². The van der Waals surface area contributed by atoms with Crippen molar-refractivity contribution >= 4 is 11.9 Å². The van der Waals surface area contributed by atoms with E-state index in [-0.39, 0.29) is 5.57 Å². The number of ether oxygens (including phenoxy) is 2. The van der Waals surface area contributed by atoms with Crippen LogP contribution in [0.5, 0.6) is 0 Å². The summed E-state index contributed by atoms with van der Waals surface area (Å²) >= 11 is 0. The first-order valence-corrected chi connectivity index (χ1v) is 4.51. The minimum absolute atomic E-state index is 0.0122. The van der Waals surface area contributed by atoms with E-state index in [0.717, 1.165) is 14.2 Å². The van der Waals surface area contributed by atoms with Crippen molar-refractivity contribution in [3.63, 3.8) is 0 Å². The summed E-state index contributed by atoms with van der Waals surface area (Å²) in [5.41, 5.74) is -3.33. The van der Waals surface area contributed by atoms with E-state index < -0.39 is 30.0 Å². The average molecular weight is 254 g/mol. The molecule has 98 valence electrons. The highest BCUT2D eigenvalue weighted by Crippen LogP contribution is 2.44. The summed E-state index contributed by atoms with van der Waals surface area (Å²) in [6.45, 7) is 4.54. The first kappa shape index (κ1) is 15.5. The Balaban J connectivity index is 5.79. The van der Waals surface area contributed by atoms with Gasteiger partial charge in [0.15, 0.2) is 0 Å². The van der Waals surface area contributed by atoms with Crippen LogP contribution in [0.2, 0.25) is 0 Å². The Hall–Kier alpha value is -1.53. The summed E-state index contributed by atoms with van der Waals surface area (Å²) in [7, 11) is 1.54. The minimum atomic E-state index is -5.12. The molecule has 0 aliphatic heterocycles. The lowest BCUT2D eigenvalue weighted by atomic mass is 9.81. The maximum atomic E-state index is 13.0. The highest BCUT2D eigenvalue weighted by Gasteiger charge is 2.67. The van der Waals surface area contributed by atoms with Crippen LogP contribution < -0.4 is 0 Å². The molecule has 0 aromatic heterocycles. The van der Waals surface area contributed by atoms with E-state index in [4.69, 9.17) is 0 Å². The molecule has 0 fully saturated rings. The third kappa shape index (κ3) is 2.78. The number of methoxy groups -OCH3 is 2. The summed E-state index contributed by atoms with van der Waals surface area (Å²) < 4.78 is 47.0. The zero-order valence-electron chi connectivity index (χ0n) is 9.68. The molecule has 0 unspecified atom stereocenters. The molecular weight excluding hydrogens is 241 g/mol. The molecule has 0 aromatic rings. The fourth-order valence-electron chi connectivity index (χ4n) is 1.36. The summed E-state index contributed by atoms with van der Waals surface area (Å²) in [4.78, 5) is 22.7. The molecule has 0 bridgehead atoms. The third-order valence-electron chi connectivity index (χ3n) is 2.12. The zero-order valence-corrected chi connectivity index (χ0v) is 9.68. The number of carbonyl (C=O) groups is 2. The van der Waals surface area contributed by atoms with Gasteiger partial charge in [-0.25, -0.2) is 0 Å². The highest BCUT2D eigenvalue weighted by molar-refractivity contribution is 6.01. The lowest BCUT2D eigenvalue weighted by Crippen LogP contribution is -2.52. The molecule has 4 nitrogen and oxygen atoms in total. The van der Waals surface area contributed by atoms with E-state index in [2.05, 4.69) is 16.1 Å². The van der Waals surface area contributed by atoms with Crippen LogP contribution in [-0.2, 0) is 19.1 Å². The Morgan fingerprint density at radius 3 is 1.65 bits per heavy atom. The summed E-state index contributed by atoms with van der Waals surface area (Å²) in [6.07, 6.45) is -6.03. The molecule has 0 saturated carbocycles. The number of hydrogen-bond donors (Lipinski definition) is 0. The summed E-state index contributed by atoms with van der Waals surface area (Å²) in [5, 5.41) is 0. The second-order valence-electron chi connectivity index (χ2n) is 3.52. The number of rotatable bonds is 4. The van der Waals surface area contributed by atoms with Gasteiger partial charge in [0, 0.05) is 6.42 Å². The van der Waals surface area contributed by atoms with Gasteiger partial charge in [-0.05, 0) is 6.92 Å². The molecule has 0 heterocycles. The van der Waals surface area contributed by atoms with Gasteiger partial charge in [0.05, 0.1) is 14.2 Å². The van der Waals surface area contributed by atoms with Crippen molar-refractivity contribution in [2.75, 3.05) is 14.2 Å². The first-order chi connectivity index (χ1) is 7.63.